The summed E-state index contributed by atoms with van der Waals surface area (Å²) in [4.78, 5) is 0. The van der Waals surface area contributed by atoms with Gasteiger partial charge in [0.25, 0.3) is 0 Å². The second kappa shape index (κ2) is 4.93. The van der Waals surface area contributed by atoms with Crippen molar-refractivity contribution in [2.75, 3.05) is 13.2 Å². The summed E-state index contributed by atoms with van der Waals surface area (Å²) in [5.74, 6) is 0.302. The molecule has 3 N–H and O–H groups in total. The molecule has 0 amide bonds. The fraction of sp³-hybridized carbons (Fsp3) is 0.400. The minimum Gasteiger partial charge on any atom is -0.492 e. The molecule has 1 unspecified atom stereocenters. The lowest BCUT2D eigenvalue weighted by atomic mass is 10.2. The Hall–Kier alpha value is -1.13. The van der Waals surface area contributed by atoms with Gasteiger partial charge >= 0.3 is 0 Å². The molecule has 4 heteroatoms. The highest BCUT2D eigenvalue weighted by Gasteiger charge is 2.03. The van der Waals surface area contributed by atoms with Crippen LogP contribution in [0.5, 0.6) is 5.75 Å². The maximum atomic E-state index is 12.8. The fourth-order valence-electron chi connectivity index (χ4n) is 0.963. The topological polar surface area (TPSA) is 55.5 Å². The first-order chi connectivity index (χ1) is 6.63. The standard InChI is InChI=1S/C10H14FNO2/c1-7-4-9(2-3-10(7)11)14-6-8(12)5-13/h2-4,8,13H,5-6,12H2,1H3. The molecule has 3 nitrogen and oxygen atoms in total. The molecule has 0 aliphatic carbocycles. The largest absolute Gasteiger partial charge is 0.492 e. The number of hydrogen-bond donors (Lipinski definition) is 2. The van der Waals surface area contributed by atoms with Gasteiger partial charge < -0.3 is 15.6 Å². The van der Waals surface area contributed by atoms with Crippen molar-refractivity contribution in [1.29, 1.82) is 0 Å². The van der Waals surface area contributed by atoms with Gasteiger partial charge in [0.1, 0.15) is 18.2 Å². The lowest BCUT2D eigenvalue weighted by Crippen LogP contribution is -2.31. The molecule has 1 aromatic carbocycles. The third kappa shape index (κ3) is 2.97. The molecule has 1 aromatic rings. The number of hydrogen-bond acceptors (Lipinski definition) is 3. The zero-order valence-electron chi connectivity index (χ0n) is 8.03. The van der Waals surface area contributed by atoms with Gasteiger partial charge in [0, 0.05) is 0 Å². The van der Waals surface area contributed by atoms with Crippen LogP contribution in [0.4, 0.5) is 4.39 Å². The summed E-state index contributed by atoms with van der Waals surface area (Å²) in [5, 5.41) is 8.65. The average Bonchev–Trinajstić information content (AvgIpc) is 2.19. The second-order valence-corrected chi connectivity index (χ2v) is 3.16. The molecule has 0 saturated carbocycles. The lowest BCUT2D eigenvalue weighted by molar-refractivity contribution is 0.206. The Kier molecular flexibility index (Phi) is 3.85. The van der Waals surface area contributed by atoms with E-state index in [9.17, 15) is 4.39 Å². The Morgan fingerprint density at radius 1 is 1.57 bits per heavy atom. The molecule has 0 fully saturated rings. The van der Waals surface area contributed by atoms with Gasteiger partial charge in [-0.15, -0.1) is 0 Å². The van der Waals surface area contributed by atoms with E-state index >= 15 is 0 Å². The van der Waals surface area contributed by atoms with Crippen LogP contribution in [0.2, 0.25) is 0 Å². The summed E-state index contributed by atoms with van der Waals surface area (Å²) in [7, 11) is 0. The van der Waals surface area contributed by atoms with Gasteiger partial charge in [-0.1, -0.05) is 0 Å². The van der Waals surface area contributed by atoms with E-state index in [1.54, 1.807) is 13.0 Å². The molecule has 0 spiro atoms. The first kappa shape index (κ1) is 10.9. The van der Waals surface area contributed by atoms with Crippen LogP contribution in [0.25, 0.3) is 0 Å². The molecule has 0 heterocycles. The van der Waals surface area contributed by atoms with E-state index in [-0.39, 0.29) is 19.0 Å². The Morgan fingerprint density at radius 3 is 2.86 bits per heavy atom. The lowest BCUT2D eigenvalue weighted by Gasteiger charge is -2.10. The molecular formula is C10H14FNO2. The monoisotopic (exact) mass is 199 g/mol. The zero-order valence-corrected chi connectivity index (χ0v) is 8.03. The van der Waals surface area contributed by atoms with E-state index in [1.165, 1.54) is 12.1 Å². The third-order valence-corrected chi connectivity index (χ3v) is 1.83. The number of aliphatic hydroxyl groups is 1. The minimum absolute atomic E-state index is 0.125. The number of benzene rings is 1. The van der Waals surface area contributed by atoms with Gasteiger partial charge in [-0.05, 0) is 30.7 Å². The van der Waals surface area contributed by atoms with Crippen molar-refractivity contribution < 1.29 is 14.2 Å². The van der Waals surface area contributed by atoms with Gasteiger partial charge in [0.2, 0.25) is 0 Å². The van der Waals surface area contributed by atoms with E-state index in [0.717, 1.165) is 0 Å². The first-order valence-electron chi connectivity index (χ1n) is 4.39. The Balaban J connectivity index is 2.55. The maximum Gasteiger partial charge on any atom is 0.126 e. The third-order valence-electron chi connectivity index (χ3n) is 1.83. The van der Waals surface area contributed by atoms with Gasteiger partial charge in [-0.3, -0.25) is 0 Å². The molecule has 0 aromatic heterocycles. The van der Waals surface area contributed by atoms with Crippen molar-refractivity contribution in [1.82, 2.24) is 0 Å². The molecule has 0 radical (unpaired) electrons. The van der Waals surface area contributed by atoms with Crippen LogP contribution in [-0.2, 0) is 0 Å². The summed E-state index contributed by atoms with van der Waals surface area (Å²) in [6.45, 7) is 1.76. The number of ether oxygens (including phenoxy) is 1. The van der Waals surface area contributed by atoms with Gasteiger partial charge in [0.05, 0.1) is 12.6 Å². The van der Waals surface area contributed by atoms with Crippen molar-refractivity contribution >= 4 is 0 Å². The van der Waals surface area contributed by atoms with Crippen LogP contribution < -0.4 is 10.5 Å². The van der Waals surface area contributed by atoms with Crippen molar-refractivity contribution in [3.63, 3.8) is 0 Å². The number of aliphatic hydroxyl groups excluding tert-OH is 1. The molecular weight excluding hydrogens is 185 g/mol. The Labute approximate surface area is 82.3 Å². The van der Waals surface area contributed by atoms with E-state index in [1.807, 2.05) is 0 Å². The zero-order chi connectivity index (χ0) is 10.6. The van der Waals surface area contributed by atoms with E-state index < -0.39 is 6.04 Å². The van der Waals surface area contributed by atoms with Crippen LogP contribution in [0, 0.1) is 12.7 Å². The summed E-state index contributed by atoms with van der Waals surface area (Å²) >= 11 is 0. The summed E-state index contributed by atoms with van der Waals surface area (Å²) < 4.78 is 18.1. The normalized spacial score (nSPS) is 12.6. The van der Waals surface area contributed by atoms with Crippen LogP contribution in [0.3, 0.4) is 0 Å². The molecule has 14 heavy (non-hydrogen) atoms. The highest BCUT2D eigenvalue weighted by Crippen LogP contribution is 2.15. The van der Waals surface area contributed by atoms with Crippen LogP contribution >= 0.6 is 0 Å². The van der Waals surface area contributed by atoms with Gasteiger partial charge in [-0.25, -0.2) is 4.39 Å². The molecule has 78 valence electrons. The minimum atomic E-state index is -0.402. The number of nitrogens with two attached hydrogens (primary N) is 1. The number of aryl methyl sites for hydroxylation is 1. The molecule has 1 atom stereocenters. The van der Waals surface area contributed by atoms with Gasteiger partial charge in [0.15, 0.2) is 0 Å². The predicted molar refractivity (Wildman–Crippen MR) is 51.7 cm³/mol. The smallest absolute Gasteiger partial charge is 0.126 e. The first-order valence-corrected chi connectivity index (χ1v) is 4.39. The fourth-order valence-corrected chi connectivity index (χ4v) is 0.963. The SMILES string of the molecule is Cc1cc(OCC(N)CO)ccc1F. The van der Waals surface area contributed by atoms with Crippen LogP contribution in [-0.4, -0.2) is 24.4 Å². The van der Waals surface area contributed by atoms with Crippen LogP contribution in [0.1, 0.15) is 5.56 Å². The summed E-state index contributed by atoms with van der Waals surface area (Å²) in [5.41, 5.74) is 5.97. The summed E-state index contributed by atoms with van der Waals surface area (Å²) in [6, 6.07) is 4.07. The average molecular weight is 199 g/mol. The summed E-state index contributed by atoms with van der Waals surface area (Å²) in [6.07, 6.45) is 0. The maximum absolute atomic E-state index is 12.8. The van der Waals surface area contributed by atoms with Crippen molar-refractivity contribution in [2.24, 2.45) is 5.73 Å². The molecule has 0 bridgehead atoms. The van der Waals surface area contributed by atoms with Crippen molar-refractivity contribution in [2.45, 2.75) is 13.0 Å². The van der Waals surface area contributed by atoms with E-state index in [4.69, 9.17) is 15.6 Å². The van der Waals surface area contributed by atoms with Gasteiger partial charge in [-0.2, -0.15) is 0 Å². The van der Waals surface area contributed by atoms with E-state index in [2.05, 4.69) is 0 Å². The van der Waals surface area contributed by atoms with E-state index in [0.29, 0.717) is 11.3 Å². The molecule has 0 aliphatic heterocycles. The Morgan fingerprint density at radius 2 is 2.29 bits per heavy atom. The highest BCUT2D eigenvalue weighted by atomic mass is 19.1. The van der Waals surface area contributed by atoms with Crippen LogP contribution in [0.15, 0.2) is 18.2 Å². The Bertz CT molecular complexity index is 304. The quantitative estimate of drug-likeness (QED) is 0.755. The number of rotatable bonds is 4. The second-order valence-electron chi connectivity index (χ2n) is 3.16. The van der Waals surface area contributed by atoms with Crippen molar-refractivity contribution in [3.8, 4) is 5.75 Å². The molecule has 1 rings (SSSR count). The van der Waals surface area contributed by atoms with Crippen molar-refractivity contribution in [3.05, 3.63) is 29.6 Å². The predicted octanol–water partition coefficient (Wildman–Crippen LogP) is 0.833. The molecule has 0 aliphatic rings. The molecule has 0 saturated heterocycles. The highest BCUT2D eigenvalue weighted by molar-refractivity contribution is 5.28. The number of halogens is 1.